The summed E-state index contributed by atoms with van der Waals surface area (Å²) < 4.78 is 6.92. The number of ether oxygens (including phenoxy) is 1. The van der Waals surface area contributed by atoms with Crippen LogP contribution >= 0.6 is 0 Å². The van der Waals surface area contributed by atoms with Crippen molar-refractivity contribution >= 4 is 11.0 Å². The van der Waals surface area contributed by atoms with Crippen LogP contribution in [0.2, 0.25) is 0 Å². The predicted molar refractivity (Wildman–Crippen MR) is 88.5 cm³/mol. The Kier molecular flexibility index (Phi) is 4.99. The fourth-order valence-corrected chi connectivity index (χ4v) is 2.18. The van der Waals surface area contributed by atoms with Gasteiger partial charge in [-0.3, -0.25) is 4.79 Å². The summed E-state index contributed by atoms with van der Waals surface area (Å²) in [6.07, 6.45) is 3.33. The summed E-state index contributed by atoms with van der Waals surface area (Å²) in [6.45, 7) is 6.39. The van der Waals surface area contributed by atoms with Gasteiger partial charge in [-0.25, -0.2) is 4.68 Å². The third-order valence-corrected chi connectivity index (χ3v) is 3.36. The zero-order valence-corrected chi connectivity index (χ0v) is 13.4. The van der Waals surface area contributed by atoms with Crippen LogP contribution in [0.5, 0.6) is 5.75 Å². The number of methoxy groups -OCH3 is 1. The van der Waals surface area contributed by atoms with Crippen LogP contribution in [-0.2, 0) is 6.54 Å². The highest BCUT2D eigenvalue weighted by atomic mass is 16.5. The van der Waals surface area contributed by atoms with Gasteiger partial charge in [-0.2, -0.15) is 5.10 Å². The summed E-state index contributed by atoms with van der Waals surface area (Å²) in [7, 11) is 1.64. The van der Waals surface area contributed by atoms with Gasteiger partial charge in [0, 0.05) is 11.8 Å². The monoisotopic (exact) mass is 299 g/mol. The van der Waals surface area contributed by atoms with Gasteiger partial charge in [0.05, 0.1) is 25.2 Å². The van der Waals surface area contributed by atoms with E-state index < -0.39 is 0 Å². The molecule has 0 amide bonds. The molecule has 3 rings (SSSR count). The SMILES string of the molecule is CC.COc1ccc(Cn2ncc3c(=O)c(C)c[nH]c32)cc1. The van der Waals surface area contributed by atoms with Crippen molar-refractivity contribution in [2.45, 2.75) is 27.3 Å². The maximum atomic E-state index is 12.0. The van der Waals surface area contributed by atoms with Gasteiger partial charge < -0.3 is 9.72 Å². The largest absolute Gasteiger partial charge is 0.497 e. The van der Waals surface area contributed by atoms with Gasteiger partial charge in [0.2, 0.25) is 0 Å². The quantitative estimate of drug-likeness (QED) is 0.808. The Morgan fingerprint density at radius 1 is 1.23 bits per heavy atom. The third kappa shape index (κ3) is 3.03. The first-order chi connectivity index (χ1) is 10.7. The standard InChI is InChI=1S/C15H15N3O2.C2H6/c1-10-7-16-15-13(14(10)19)8-17-18(15)9-11-3-5-12(20-2)6-4-11;1-2/h3-8H,9H2,1-2H3,(H,16,19);1-2H3. The molecule has 0 fully saturated rings. The van der Waals surface area contributed by atoms with Crippen LogP contribution in [0, 0.1) is 6.92 Å². The van der Waals surface area contributed by atoms with Crippen molar-refractivity contribution in [2.24, 2.45) is 0 Å². The van der Waals surface area contributed by atoms with Crippen molar-refractivity contribution in [2.75, 3.05) is 7.11 Å². The number of aromatic nitrogens is 3. The van der Waals surface area contributed by atoms with Crippen molar-refractivity contribution in [3.63, 3.8) is 0 Å². The van der Waals surface area contributed by atoms with Gasteiger partial charge >= 0.3 is 0 Å². The summed E-state index contributed by atoms with van der Waals surface area (Å²) in [4.78, 5) is 15.1. The van der Waals surface area contributed by atoms with E-state index in [-0.39, 0.29) is 5.43 Å². The number of fused-ring (bicyclic) bond motifs is 1. The zero-order valence-electron chi connectivity index (χ0n) is 13.4. The highest BCUT2D eigenvalue weighted by molar-refractivity contribution is 5.74. The topological polar surface area (TPSA) is 59.9 Å². The van der Waals surface area contributed by atoms with E-state index in [9.17, 15) is 4.79 Å². The van der Waals surface area contributed by atoms with Crippen LogP contribution in [0.15, 0.2) is 41.5 Å². The molecule has 2 heterocycles. The minimum atomic E-state index is 0.0275. The molecule has 116 valence electrons. The molecule has 1 N–H and O–H groups in total. The molecule has 1 aromatic carbocycles. The second-order valence-electron chi connectivity index (χ2n) is 4.71. The van der Waals surface area contributed by atoms with Gasteiger partial charge in [-0.15, -0.1) is 0 Å². The lowest BCUT2D eigenvalue weighted by Crippen LogP contribution is -2.08. The van der Waals surface area contributed by atoms with Gasteiger partial charge in [-0.1, -0.05) is 26.0 Å². The number of hydrogen-bond acceptors (Lipinski definition) is 3. The fourth-order valence-electron chi connectivity index (χ4n) is 2.18. The number of hydrogen-bond donors (Lipinski definition) is 1. The summed E-state index contributed by atoms with van der Waals surface area (Å²) in [5.74, 6) is 0.822. The summed E-state index contributed by atoms with van der Waals surface area (Å²) >= 11 is 0. The third-order valence-electron chi connectivity index (χ3n) is 3.36. The summed E-state index contributed by atoms with van der Waals surface area (Å²) in [5, 5.41) is 4.91. The molecule has 3 aromatic rings. The number of aryl methyl sites for hydroxylation is 1. The number of H-pyrrole nitrogens is 1. The molecule has 5 heteroatoms. The molecule has 0 atom stereocenters. The molecule has 2 aromatic heterocycles. The Morgan fingerprint density at radius 3 is 2.55 bits per heavy atom. The molecule has 0 saturated carbocycles. The van der Waals surface area contributed by atoms with Crippen LogP contribution in [0.3, 0.4) is 0 Å². The lowest BCUT2D eigenvalue weighted by Gasteiger charge is -2.05. The van der Waals surface area contributed by atoms with E-state index in [0.717, 1.165) is 17.0 Å². The molecule has 0 saturated heterocycles. The molecule has 0 aliphatic heterocycles. The normalized spacial score (nSPS) is 10.2. The molecular weight excluding hydrogens is 278 g/mol. The number of nitrogens with one attached hydrogen (secondary N) is 1. The molecular formula is C17H21N3O2. The van der Waals surface area contributed by atoms with Crippen molar-refractivity contribution in [3.05, 3.63) is 58.0 Å². The minimum Gasteiger partial charge on any atom is -0.497 e. The van der Waals surface area contributed by atoms with Gasteiger partial charge in [0.1, 0.15) is 11.4 Å². The smallest absolute Gasteiger partial charge is 0.195 e. The van der Waals surface area contributed by atoms with Crippen molar-refractivity contribution in [3.8, 4) is 5.75 Å². The van der Waals surface area contributed by atoms with E-state index >= 15 is 0 Å². The highest BCUT2D eigenvalue weighted by Crippen LogP contribution is 2.14. The van der Waals surface area contributed by atoms with Crippen LogP contribution in [-0.4, -0.2) is 21.9 Å². The zero-order chi connectivity index (χ0) is 16.1. The fraction of sp³-hybridized carbons (Fsp3) is 0.294. The highest BCUT2D eigenvalue weighted by Gasteiger charge is 2.08. The van der Waals surface area contributed by atoms with Crippen LogP contribution < -0.4 is 10.2 Å². The van der Waals surface area contributed by atoms with Crippen molar-refractivity contribution < 1.29 is 4.74 Å². The van der Waals surface area contributed by atoms with E-state index in [2.05, 4.69) is 10.1 Å². The Morgan fingerprint density at radius 2 is 1.91 bits per heavy atom. The molecule has 0 aliphatic carbocycles. The number of benzene rings is 1. The maximum Gasteiger partial charge on any atom is 0.195 e. The lowest BCUT2D eigenvalue weighted by molar-refractivity contribution is 0.414. The first-order valence-corrected chi connectivity index (χ1v) is 7.36. The number of pyridine rings is 1. The number of aromatic amines is 1. The Bertz CT molecular complexity index is 801. The Labute approximate surface area is 129 Å². The average molecular weight is 299 g/mol. The van der Waals surface area contributed by atoms with E-state index in [4.69, 9.17) is 4.74 Å². The summed E-state index contributed by atoms with van der Waals surface area (Å²) in [6, 6.07) is 7.79. The average Bonchev–Trinajstić information content (AvgIpc) is 2.97. The molecule has 0 unspecified atom stereocenters. The van der Waals surface area contributed by atoms with E-state index in [1.54, 1.807) is 31.1 Å². The minimum absolute atomic E-state index is 0.0275. The Hall–Kier alpha value is -2.56. The Balaban J connectivity index is 0.000000847. The second kappa shape index (κ2) is 6.93. The second-order valence-corrected chi connectivity index (χ2v) is 4.71. The van der Waals surface area contributed by atoms with Crippen molar-refractivity contribution in [1.82, 2.24) is 14.8 Å². The first-order valence-electron chi connectivity index (χ1n) is 7.36. The van der Waals surface area contributed by atoms with Gasteiger partial charge in [0.15, 0.2) is 5.43 Å². The van der Waals surface area contributed by atoms with Crippen LogP contribution in [0.1, 0.15) is 25.0 Å². The van der Waals surface area contributed by atoms with E-state index in [1.165, 1.54) is 0 Å². The van der Waals surface area contributed by atoms with Crippen LogP contribution in [0.4, 0.5) is 0 Å². The molecule has 0 bridgehead atoms. The van der Waals surface area contributed by atoms with Crippen LogP contribution in [0.25, 0.3) is 11.0 Å². The molecule has 5 nitrogen and oxygen atoms in total. The van der Waals surface area contributed by atoms with E-state index in [0.29, 0.717) is 17.5 Å². The predicted octanol–water partition coefficient (Wildman–Crippen LogP) is 3.12. The van der Waals surface area contributed by atoms with Gasteiger partial charge in [-0.05, 0) is 24.6 Å². The molecule has 0 spiro atoms. The van der Waals surface area contributed by atoms with E-state index in [1.807, 2.05) is 38.1 Å². The summed E-state index contributed by atoms with van der Waals surface area (Å²) in [5.41, 5.74) is 2.56. The van der Waals surface area contributed by atoms with Gasteiger partial charge in [0.25, 0.3) is 0 Å². The number of nitrogens with zero attached hydrogens (tertiary/aromatic N) is 2. The van der Waals surface area contributed by atoms with Crippen molar-refractivity contribution in [1.29, 1.82) is 0 Å². The molecule has 0 radical (unpaired) electrons. The lowest BCUT2D eigenvalue weighted by atomic mass is 10.2. The first kappa shape index (κ1) is 15.8. The number of rotatable bonds is 3. The maximum absolute atomic E-state index is 12.0. The molecule has 0 aliphatic rings. The molecule has 22 heavy (non-hydrogen) atoms.